The number of hydrogen-bond acceptors (Lipinski definition) is 6. The van der Waals surface area contributed by atoms with E-state index < -0.39 is 17.2 Å². The summed E-state index contributed by atoms with van der Waals surface area (Å²) in [6.45, 7) is 10.5. The van der Waals surface area contributed by atoms with Gasteiger partial charge < -0.3 is 18.9 Å². The molecule has 6 heteroatoms. The van der Waals surface area contributed by atoms with E-state index in [0.29, 0.717) is 25.0 Å². The fourth-order valence-electron chi connectivity index (χ4n) is 4.28. The third-order valence-corrected chi connectivity index (χ3v) is 6.56. The molecule has 1 unspecified atom stereocenters. The molecular weight excluding hydrogens is 432 g/mol. The van der Waals surface area contributed by atoms with Crippen LogP contribution in [0.25, 0.3) is 0 Å². The van der Waals surface area contributed by atoms with Crippen LogP contribution in [0.3, 0.4) is 0 Å². The Morgan fingerprint density at radius 3 is 2.50 bits per heavy atom. The van der Waals surface area contributed by atoms with Crippen molar-refractivity contribution in [1.29, 1.82) is 0 Å². The van der Waals surface area contributed by atoms with Gasteiger partial charge in [0.25, 0.3) is 0 Å². The maximum atomic E-state index is 13.6. The summed E-state index contributed by atoms with van der Waals surface area (Å²) in [4.78, 5) is 25.6. The molecule has 2 rings (SSSR count). The molecule has 6 nitrogen and oxygen atoms in total. The van der Waals surface area contributed by atoms with Crippen molar-refractivity contribution in [2.75, 3.05) is 14.2 Å². The van der Waals surface area contributed by atoms with Gasteiger partial charge in [-0.3, -0.25) is 4.79 Å². The van der Waals surface area contributed by atoms with E-state index in [2.05, 4.69) is 6.92 Å². The van der Waals surface area contributed by atoms with Crippen LogP contribution in [0.1, 0.15) is 59.4 Å². The first-order valence-electron chi connectivity index (χ1n) is 12.0. The summed E-state index contributed by atoms with van der Waals surface area (Å²) in [6.07, 6.45) is 6.61. The van der Waals surface area contributed by atoms with Crippen molar-refractivity contribution < 1.29 is 28.5 Å². The Morgan fingerprint density at radius 2 is 1.91 bits per heavy atom. The highest BCUT2D eigenvalue weighted by atomic mass is 16.7. The van der Waals surface area contributed by atoms with Crippen molar-refractivity contribution in [3.63, 3.8) is 0 Å². The molecule has 4 atom stereocenters. The van der Waals surface area contributed by atoms with Gasteiger partial charge in [0.15, 0.2) is 0 Å². The summed E-state index contributed by atoms with van der Waals surface area (Å²) in [5.41, 5.74) is 0.710. The first-order valence-corrected chi connectivity index (χ1v) is 12.0. The summed E-state index contributed by atoms with van der Waals surface area (Å²) in [5, 5.41) is 0. The number of methoxy groups -OCH3 is 2. The molecule has 1 aliphatic heterocycles. The molecular formula is C28H40O6. The van der Waals surface area contributed by atoms with E-state index in [1.165, 1.54) is 20.3 Å². The van der Waals surface area contributed by atoms with E-state index in [4.69, 9.17) is 18.9 Å². The van der Waals surface area contributed by atoms with Crippen molar-refractivity contribution in [1.82, 2.24) is 0 Å². The Morgan fingerprint density at radius 1 is 1.24 bits per heavy atom. The quantitative estimate of drug-likeness (QED) is 0.244. The lowest BCUT2D eigenvalue weighted by Crippen LogP contribution is -2.59. The Balaban J connectivity index is 2.26. The van der Waals surface area contributed by atoms with Gasteiger partial charge in [0, 0.05) is 30.6 Å². The third-order valence-electron chi connectivity index (χ3n) is 6.56. The third kappa shape index (κ3) is 6.65. The van der Waals surface area contributed by atoms with Crippen LogP contribution in [0.4, 0.5) is 0 Å². The minimum Gasteiger partial charge on any atom is -0.466 e. The standard InChI is InChI=1S/C28H40O6/c1-8-9-15-27(4,5)28(32-7)26(30)23(18-25(29)31-6)17-24(34-28)16-20(2)21(3)33-19-22-13-11-10-12-14-22/h9-15,18,20-21,24H,8,16-17,19H2,1-7H3/b15-9+,23-18+/t20-,21+,24?,28-/m1/s1. The van der Waals surface area contributed by atoms with E-state index in [0.717, 1.165) is 12.0 Å². The van der Waals surface area contributed by atoms with Gasteiger partial charge >= 0.3 is 5.97 Å². The zero-order valence-corrected chi connectivity index (χ0v) is 21.6. The second-order valence-electron chi connectivity index (χ2n) is 9.53. The highest BCUT2D eigenvalue weighted by Crippen LogP contribution is 2.45. The molecule has 34 heavy (non-hydrogen) atoms. The van der Waals surface area contributed by atoms with Crippen molar-refractivity contribution >= 4 is 11.8 Å². The van der Waals surface area contributed by atoms with Gasteiger partial charge in [-0.05, 0) is 31.2 Å². The number of carbonyl (C=O) groups excluding carboxylic acids is 2. The summed E-state index contributed by atoms with van der Waals surface area (Å²) >= 11 is 0. The minimum atomic E-state index is -1.55. The van der Waals surface area contributed by atoms with Crippen LogP contribution >= 0.6 is 0 Å². The summed E-state index contributed by atoms with van der Waals surface area (Å²) in [7, 11) is 2.78. The minimum absolute atomic E-state index is 0.0283. The highest BCUT2D eigenvalue weighted by Gasteiger charge is 2.56. The molecule has 0 aromatic heterocycles. The van der Waals surface area contributed by atoms with E-state index >= 15 is 0 Å². The fourth-order valence-corrected chi connectivity index (χ4v) is 4.28. The van der Waals surface area contributed by atoms with Crippen LogP contribution in [-0.2, 0) is 35.1 Å². The Kier molecular flexibility index (Phi) is 10.2. The van der Waals surface area contributed by atoms with Crippen LogP contribution < -0.4 is 0 Å². The molecule has 0 amide bonds. The Bertz CT molecular complexity index is 872. The van der Waals surface area contributed by atoms with Gasteiger partial charge in [-0.1, -0.05) is 70.2 Å². The predicted molar refractivity (Wildman–Crippen MR) is 132 cm³/mol. The lowest BCUT2D eigenvalue weighted by molar-refractivity contribution is -0.278. The van der Waals surface area contributed by atoms with Gasteiger partial charge in [0.2, 0.25) is 11.6 Å². The number of ether oxygens (including phenoxy) is 4. The van der Waals surface area contributed by atoms with Crippen molar-refractivity contribution in [3.05, 3.63) is 59.7 Å². The van der Waals surface area contributed by atoms with Crippen molar-refractivity contribution in [3.8, 4) is 0 Å². The fraction of sp³-hybridized carbons (Fsp3) is 0.571. The van der Waals surface area contributed by atoms with Crippen LogP contribution in [-0.4, -0.2) is 44.0 Å². The highest BCUT2D eigenvalue weighted by molar-refractivity contribution is 6.06. The molecule has 0 N–H and O–H groups in total. The molecule has 1 aliphatic rings. The van der Waals surface area contributed by atoms with Crippen molar-refractivity contribution in [2.45, 2.75) is 78.5 Å². The number of ketones is 1. The monoisotopic (exact) mass is 472 g/mol. The Hall–Kier alpha value is -2.28. The molecule has 0 bridgehead atoms. The topological polar surface area (TPSA) is 71.1 Å². The van der Waals surface area contributed by atoms with E-state index in [1.807, 2.05) is 70.2 Å². The zero-order valence-electron chi connectivity index (χ0n) is 21.6. The second kappa shape index (κ2) is 12.4. The summed E-state index contributed by atoms with van der Waals surface area (Å²) in [5.74, 6) is -2.31. The normalized spacial score (nSPS) is 24.4. The number of carbonyl (C=O) groups is 2. The first kappa shape index (κ1) is 28.0. The molecule has 188 valence electrons. The van der Waals surface area contributed by atoms with Gasteiger partial charge in [0.05, 0.1) is 25.9 Å². The molecule has 1 aromatic rings. The van der Waals surface area contributed by atoms with E-state index in [9.17, 15) is 9.59 Å². The first-order chi connectivity index (χ1) is 16.1. The molecule has 0 saturated carbocycles. The van der Waals surface area contributed by atoms with Gasteiger partial charge in [-0.25, -0.2) is 4.79 Å². The van der Waals surface area contributed by atoms with E-state index in [-0.39, 0.29) is 23.9 Å². The average Bonchev–Trinajstić information content (AvgIpc) is 2.83. The van der Waals surface area contributed by atoms with Crippen LogP contribution in [0.15, 0.2) is 54.1 Å². The number of Topliss-reactive ketones (excluding diaryl/α,β-unsaturated/α-hetero) is 1. The molecule has 0 aliphatic carbocycles. The lowest BCUT2D eigenvalue weighted by Gasteiger charge is -2.48. The molecule has 1 saturated heterocycles. The lowest BCUT2D eigenvalue weighted by atomic mass is 9.74. The largest absolute Gasteiger partial charge is 0.466 e. The summed E-state index contributed by atoms with van der Waals surface area (Å²) in [6, 6.07) is 10.0. The Labute approximate surface area is 204 Å². The van der Waals surface area contributed by atoms with Gasteiger partial charge in [-0.15, -0.1) is 0 Å². The molecule has 1 heterocycles. The second-order valence-corrected chi connectivity index (χ2v) is 9.53. The van der Waals surface area contributed by atoms with Gasteiger partial charge in [0.1, 0.15) is 0 Å². The molecule has 0 radical (unpaired) electrons. The average molecular weight is 473 g/mol. The SMILES string of the molecule is CC/C=C/C(C)(C)[C@]1(OC)OC(C[C@@H](C)[C@H](C)OCc2ccccc2)C/C(=C\C(=O)OC)C1=O. The molecule has 1 aromatic carbocycles. The maximum Gasteiger partial charge on any atom is 0.330 e. The number of allylic oxidation sites excluding steroid dienone is 1. The van der Waals surface area contributed by atoms with Crippen LogP contribution in [0.2, 0.25) is 0 Å². The van der Waals surface area contributed by atoms with Crippen LogP contribution in [0.5, 0.6) is 0 Å². The zero-order chi connectivity index (χ0) is 25.4. The van der Waals surface area contributed by atoms with Gasteiger partial charge in [-0.2, -0.15) is 0 Å². The van der Waals surface area contributed by atoms with Crippen molar-refractivity contribution in [2.24, 2.45) is 11.3 Å². The molecule has 0 spiro atoms. The predicted octanol–water partition coefficient (Wildman–Crippen LogP) is 5.41. The number of hydrogen-bond donors (Lipinski definition) is 0. The number of esters is 1. The number of rotatable bonds is 11. The maximum absolute atomic E-state index is 13.6. The van der Waals surface area contributed by atoms with E-state index in [1.54, 1.807) is 0 Å². The smallest absolute Gasteiger partial charge is 0.330 e. The summed E-state index contributed by atoms with van der Waals surface area (Å²) < 4.78 is 23.2. The number of benzene rings is 1. The van der Waals surface area contributed by atoms with Crippen LogP contribution in [0, 0.1) is 11.3 Å². The molecule has 1 fully saturated rings.